The molecule has 2 N–H and O–H groups in total. The fourth-order valence-electron chi connectivity index (χ4n) is 3.18. The van der Waals surface area contributed by atoms with Gasteiger partial charge in [0.25, 0.3) is 11.8 Å². The fourth-order valence-corrected chi connectivity index (χ4v) is 3.87. The highest BCUT2D eigenvalue weighted by Crippen LogP contribution is 2.38. The molecule has 0 fully saturated rings. The van der Waals surface area contributed by atoms with Crippen molar-refractivity contribution >= 4 is 28.8 Å². The van der Waals surface area contributed by atoms with Crippen molar-refractivity contribution in [1.29, 1.82) is 0 Å². The maximum Gasteiger partial charge on any atom is 0.265 e. The van der Waals surface area contributed by atoms with Crippen LogP contribution in [0.2, 0.25) is 0 Å². The molecule has 9 nitrogen and oxygen atoms in total. The largest absolute Gasteiger partial charge is 0.481 e. The Morgan fingerprint density at radius 1 is 1.09 bits per heavy atom. The number of rotatable bonds is 9. The van der Waals surface area contributed by atoms with Gasteiger partial charge in [0.05, 0.1) is 24.6 Å². The van der Waals surface area contributed by atoms with Gasteiger partial charge in [0.1, 0.15) is 13.3 Å². The first-order valence-electron chi connectivity index (χ1n) is 9.66. The number of fused-ring (bicyclic) bond motifs is 1. The van der Waals surface area contributed by atoms with E-state index in [9.17, 15) is 4.39 Å². The molecule has 0 aliphatic rings. The van der Waals surface area contributed by atoms with E-state index < -0.39 is 6.67 Å². The lowest BCUT2D eigenvalue weighted by Gasteiger charge is -2.13. The van der Waals surface area contributed by atoms with Gasteiger partial charge >= 0.3 is 0 Å². The number of alkyl halides is 1. The van der Waals surface area contributed by atoms with Crippen LogP contribution in [0.4, 0.5) is 10.3 Å². The van der Waals surface area contributed by atoms with Crippen LogP contribution in [0.5, 0.6) is 17.5 Å². The summed E-state index contributed by atoms with van der Waals surface area (Å²) in [5.74, 6) is 1.35. The van der Waals surface area contributed by atoms with E-state index in [2.05, 4.69) is 29.6 Å². The van der Waals surface area contributed by atoms with Gasteiger partial charge in [-0.1, -0.05) is 12.1 Å². The van der Waals surface area contributed by atoms with Gasteiger partial charge in [0, 0.05) is 29.5 Å². The van der Waals surface area contributed by atoms with Gasteiger partial charge < -0.3 is 19.2 Å². The monoisotopic (exact) mass is 456 g/mol. The van der Waals surface area contributed by atoms with Gasteiger partial charge in [0.15, 0.2) is 5.82 Å². The van der Waals surface area contributed by atoms with Crippen molar-refractivity contribution in [2.45, 2.75) is 11.8 Å². The predicted molar refractivity (Wildman–Crippen MR) is 120 cm³/mol. The average Bonchev–Trinajstić information content (AvgIpc) is 3.24. The van der Waals surface area contributed by atoms with Crippen LogP contribution in [0.1, 0.15) is 5.56 Å². The summed E-state index contributed by atoms with van der Waals surface area (Å²) in [5.41, 5.74) is 2.95. The van der Waals surface area contributed by atoms with Gasteiger partial charge in [-0.25, -0.2) is 14.4 Å². The second kappa shape index (κ2) is 9.69. The molecule has 32 heavy (non-hydrogen) atoms. The van der Waals surface area contributed by atoms with Crippen LogP contribution in [-0.2, 0) is 0 Å². The minimum absolute atomic E-state index is 0.145. The number of anilines is 1. The minimum Gasteiger partial charge on any atom is -0.481 e. The molecule has 0 unspecified atom stereocenters. The van der Waals surface area contributed by atoms with Crippen LogP contribution in [0, 0.1) is 6.92 Å². The topological polar surface area (TPSA) is 107 Å². The SMILES string of the molecule is COc1nc(NSc2c[nH]c3c(-c4ncccn4)c(C)ccc23)nc(OC)c1OCCF. The molecule has 4 rings (SSSR count). The van der Waals surface area contributed by atoms with E-state index in [-0.39, 0.29) is 30.1 Å². The molecule has 3 heterocycles. The maximum atomic E-state index is 12.5. The first kappa shape index (κ1) is 21.6. The minimum atomic E-state index is -0.655. The second-order valence-electron chi connectivity index (χ2n) is 6.54. The average molecular weight is 457 g/mol. The Hall–Kier alpha value is -3.60. The quantitative estimate of drug-likeness (QED) is 0.358. The molecule has 3 aromatic heterocycles. The number of aryl methyl sites for hydroxylation is 1. The summed E-state index contributed by atoms with van der Waals surface area (Å²) in [6.45, 7) is 1.22. The molecule has 166 valence electrons. The van der Waals surface area contributed by atoms with E-state index in [0.29, 0.717) is 5.82 Å². The number of halogens is 1. The summed E-state index contributed by atoms with van der Waals surface area (Å²) >= 11 is 1.32. The van der Waals surface area contributed by atoms with Crippen molar-refractivity contribution in [1.82, 2.24) is 24.9 Å². The van der Waals surface area contributed by atoms with Gasteiger partial charge in [0.2, 0.25) is 11.7 Å². The zero-order valence-corrected chi connectivity index (χ0v) is 18.5. The summed E-state index contributed by atoms with van der Waals surface area (Å²) in [4.78, 5) is 21.6. The Kier molecular flexibility index (Phi) is 6.55. The summed E-state index contributed by atoms with van der Waals surface area (Å²) in [5, 5.41) is 0.998. The number of H-pyrrole nitrogens is 1. The van der Waals surface area contributed by atoms with Crippen LogP contribution in [-0.4, -0.2) is 52.4 Å². The Balaban J connectivity index is 1.63. The van der Waals surface area contributed by atoms with Crippen LogP contribution < -0.4 is 18.9 Å². The van der Waals surface area contributed by atoms with E-state index in [1.807, 2.05) is 25.3 Å². The maximum absolute atomic E-state index is 12.5. The number of hydrogen-bond acceptors (Lipinski definition) is 9. The predicted octanol–water partition coefficient (Wildman–Crippen LogP) is 4.21. The van der Waals surface area contributed by atoms with E-state index in [4.69, 9.17) is 14.2 Å². The summed E-state index contributed by atoms with van der Waals surface area (Å²) < 4.78 is 31.5. The lowest BCUT2D eigenvalue weighted by Crippen LogP contribution is -2.07. The Labute approximate surface area is 187 Å². The molecule has 0 atom stereocenters. The molecule has 0 spiro atoms. The van der Waals surface area contributed by atoms with Crippen molar-refractivity contribution in [3.8, 4) is 28.9 Å². The van der Waals surface area contributed by atoms with Gasteiger partial charge in [-0.05, 0) is 30.5 Å². The molecule has 0 bridgehead atoms. The van der Waals surface area contributed by atoms with Crippen LogP contribution in [0.25, 0.3) is 22.3 Å². The van der Waals surface area contributed by atoms with Gasteiger partial charge in [-0.15, -0.1) is 0 Å². The molecule has 0 radical (unpaired) electrons. The zero-order valence-electron chi connectivity index (χ0n) is 17.7. The number of methoxy groups -OCH3 is 2. The smallest absolute Gasteiger partial charge is 0.265 e. The molecule has 0 saturated heterocycles. The number of aromatic amines is 1. The number of nitrogens with zero attached hydrogens (tertiary/aromatic N) is 4. The summed E-state index contributed by atoms with van der Waals surface area (Å²) in [6, 6.07) is 5.86. The standard InChI is InChI=1S/C21H21FN6O3S/c1-12-5-6-13-14(11-25-16(13)15(12)18-23-8-4-9-24-18)32-28-21-26-19(29-2)17(31-10-7-22)20(27-21)30-3/h4-6,8-9,11,25H,7,10H2,1-3H3,(H,26,27,28). The van der Waals surface area contributed by atoms with E-state index in [1.165, 1.54) is 26.2 Å². The van der Waals surface area contributed by atoms with Crippen LogP contribution in [0.3, 0.4) is 0 Å². The molecule has 0 aliphatic heterocycles. The molecule has 0 saturated carbocycles. The highest BCUT2D eigenvalue weighted by atomic mass is 32.2. The lowest BCUT2D eigenvalue weighted by molar-refractivity contribution is 0.240. The summed E-state index contributed by atoms with van der Waals surface area (Å²) in [6.07, 6.45) is 5.33. The van der Waals surface area contributed by atoms with E-state index >= 15 is 0 Å². The third-order valence-electron chi connectivity index (χ3n) is 4.58. The van der Waals surface area contributed by atoms with Crippen molar-refractivity contribution < 1.29 is 18.6 Å². The Morgan fingerprint density at radius 2 is 1.81 bits per heavy atom. The number of hydrogen-bond donors (Lipinski definition) is 2. The van der Waals surface area contributed by atoms with Crippen molar-refractivity contribution in [3.63, 3.8) is 0 Å². The first-order chi connectivity index (χ1) is 15.7. The second-order valence-corrected chi connectivity index (χ2v) is 7.39. The number of ether oxygens (including phenoxy) is 3. The normalized spacial score (nSPS) is 10.9. The van der Waals surface area contributed by atoms with Crippen molar-refractivity contribution in [2.75, 3.05) is 32.2 Å². The number of benzene rings is 1. The van der Waals surface area contributed by atoms with Crippen molar-refractivity contribution in [3.05, 3.63) is 42.4 Å². The molecule has 0 amide bonds. The summed E-state index contributed by atoms with van der Waals surface area (Å²) in [7, 11) is 2.88. The molecular weight excluding hydrogens is 435 g/mol. The zero-order chi connectivity index (χ0) is 22.5. The van der Waals surface area contributed by atoms with Crippen molar-refractivity contribution in [2.24, 2.45) is 0 Å². The number of nitrogens with one attached hydrogen (secondary N) is 2. The molecule has 0 aliphatic carbocycles. The molecule has 11 heteroatoms. The van der Waals surface area contributed by atoms with E-state index in [1.54, 1.807) is 18.5 Å². The van der Waals surface area contributed by atoms with Crippen LogP contribution in [0.15, 0.2) is 41.7 Å². The first-order valence-corrected chi connectivity index (χ1v) is 10.5. The van der Waals surface area contributed by atoms with E-state index in [0.717, 1.165) is 26.9 Å². The van der Waals surface area contributed by atoms with Gasteiger partial charge in [-0.3, -0.25) is 4.72 Å². The Bertz CT molecular complexity index is 1200. The highest BCUT2D eigenvalue weighted by Gasteiger charge is 2.19. The fraction of sp³-hybridized carbons (Fsp3) is 0.238. The molecule has 4 aromatic rings. The number of aromatic nitrogens is 5. The Morgan fingerprint density at radius 3 is 2.47 bits per heavy atom. The third-order valence-corrected chi connectivity index (χ3v) is 5.42. The highest BCUT2D eigenvalue weighted by molar-refractivity contribution is 8.00. The van der Waals surface area contributed by atoms with Crippen LogP contribution >= 0.6 is 11.9 Å². The van der Waals surface area contributed by atoms with Gasteiger partial charge in [-0.2, -0.15) is 9.97 Å². The molecular formula is C21H21FN6O3S. The lowest BCUT2D eigenvalue weighted by atomic mass is 10.0. The third kappa shape index (κ3) is 4.24. The molecule has 1 aromatic carbocycles.